The van der Waals surface area contributed by atoms with E-state index >= 15 is 0 Å². The van der Waals surface area contributed by atoms with Crippen molar-refractivity contribution in [2.75, 3.05) is 32.8 Å². The second-order valence-electron chi connectivity index (χ2n) is 6.33. The van der Waals surface area contributed by atoms with Gasteiger partial charge in [0.2, 0.25) is 0 Å². The van der Waals surface area contributed by atoms with Gasteiger partial charge in [-0.25, -0.2) is 0 Å². The van der Waals surface area contributed by atoms with E-state index in [-0.39, 0.29) is 6.04 Å². The summed E-state index contributed by atoms with van der Waals surface area (Å²) in [7, 11) is -0.540. The van der Waals surface area contributed by atoms with E-state index in [4.69, 9.17) is 5.73 Å². The zero-order valence-corrected chi connectivity index (χ0v) is 14.2. The third-order valence-corrected chi connectivity index (χ3v) is 5.59. The summed E-state index contributed by atoms with van der Waals surface area (Å²) in [6, 6.07) is 0.0973. The van der Waals surface area contributed by atoms with Crippen molar-refractivity contribution in [3.63, 3.8) is 0 Å². The molecule has 19 heavy (non-hydrogen) atoms. The smallest absolute Gasteiger partial charge is 0.0466 e. The lowest BCUT2D eigenvalue weighted by Crippen LogP contribution is -2.47. The van der Waals surface area contributed by atoms with Gasteiger partial charge >= 0.3 is 0 Å². The van der Waals surface area contributed by atoms with E-state index in [2.05, 4.69) is 49.9 Å². The molecule has 0 aromatic heterocycles. The number of hydrogen-bond acceptors (Lipinski definition) is 3. The zero-order valence-electron chi connectivity index (χ0n) is 13.2. The molecule has 3 unspecified atom stereocenters. The minimum Gasteiger partial charge on any atom is -0.371 e. The maximum absolute atomic E-state index is 6.37. The fourth-order valence-electron chi connectivity index (χ4n) is 2.80. The molecule has 0 aromatic rings. The lowest BCUT2D eigenvalue weighted by atomic mass is 9.90. The molecule has 0 radical (unpaired) electrons. The van der Waals surface area contributed by atoms with Crippen LogP contribution in [0.1, 0.15) is 27.2 Å². The SMILES string of the molecule is C=C(C(N)C(C)CC(C)C)N1CCN([PH](=C)C)CC1. The maximum atomic E-state index is 6.37. The van der Waals surface area contributed by atoms with Gasteiger partial charge in [0.25, 0.3) is 0 Å². The van der Waals surface area contributed by atoms with Crippen molar-refractivity contribution in [1.82, 2.24) is 9.57 Å². The van der Waals surface area contributed by atoms with Crippen LogP contribution in [0.3, 0.4) is 0 Å². The van der Waals surface area contributed by atoms with Gasteiger partial charge in [-0.2, -0.15) is 0 Å². The molecule has 2 N–H and O–H groups in total. The minimum absolute atomic E-state index is 0.0973. The summed E-state index contributed by atoms with van der Waals surface area (Å²) in [5, 5.41) is 0. The van der Waals surface area contributed by atoms with E-state index in [1.54, 1.807) is 0 Å². The predicted molar refractivity (Wildman–Crippen MR) is 90.2 cm³/mol. The molecule has 0 aromatic carbocycles. The van der Waals surface area contributed by atoms with Crippen molar-refractivity contribution in [3.05, 3.63) is 12.3 Å². The second kappa shape index (κ2) is 7.52. The van der Waals surface area contributed by atoms with Crippen LogP contribution in [0.4, 0.5) is 0 Å². The Morgan fingerprint density at radius 3 is 2.16 bits per heavy atom. The van der Waals surface area contributed by atoms with Crippen molar-refractivity contribution >= 4 is 14.0 Å². The third kappa shape index (κ3) is 4.98. The molecule has 3 nitrogen and oxygen atoms in total. The molecule has 1 aliphatic rings. The van der Waals surface area contributed by atoms with Crippen molar-refractivity contribution < 1.29 is 0 Å². The molecule has 0 saturated carbocycles. The van der Waals surface area contributed by atoms with Crippen LogP contribution in [0.5, 0.6) is 0 Å². The van der Waals surface area contributed by atoms with Crippen molar-refractivity contribution in [2.45, 2.75) is 33.2 Å². The highest BCUT2D eigenvalue weighted by molar-refractivity contribution is 7.52. The molecule has 0 spiro atoms. The average Bonchev–Trinajstić information content (AvgIpc) is 2.36. The highest BCUT2D eigenvalue weighted by Crippen LogP contribution is 2.25. The van der Waals surface area contributed by atoms with Crippen molar-refractivity contribution in [3.8, 4) is 0 Å². The molecule has 0 bridgehead atoms. The third-order valence-electron chi connectivity index (χ3n) is 4.07. The number of piperazine rings is 1. The van der Waals surface area contributed by atoms with E-state index in [0.29, 0.717) is 11.8 Å². The summed E-state index contributed by atoms with van der Waals surface area (Å²) in [6.07, 6.45) is 5.36. The Bertz CT molecular complexity index is 319. The van der Waals surface area contributed by atoms with E-state index in [1.165, 1.54) is 6.42 Å². The van der Waals surface area contributed by atoms with Gasteiger partial charge in [0.1, 0.15) is 0 Å². The summed E-state index contributed by atoms with van der Waals surface area (Å²) in [4.78, 5) is 2.38. The molecule has 1 fully saturated rings. The number of hydrogen-bond donors (Lipinski definition) is 1. The molecule has 112 valence electrons. The number of nitrogens with two attached hydrogens (primary N) is 1. The first-order valence-corrected chi connectivity index (χ1v) is 9.58. The Balaban J connectivity index is 2.48. The number of nitrogens with zero attached hydrogens (tertiary/aromatic N) is 2. The van der Waals surface area contributed by atoms with Crippen LogP contribution in [-0.2, 0) is 0 Å². The van der Waals surface area contributed by atoms with Crippen LogP contribution in [0.25, 0.3) is 0 Å². The summed E-state index contributed by atoms with van der Waals surface area (Å²) < 4.78 is 2.51. The van der Waals surface area contributed by atoms with Gasteiger partial charge in [-0.05, 0) is 24.9 Å². The summed E-state index contributed by atoms with van der Waals surface area (Å²) in [5.41, 5.74) is 7.50. The molecule has 0 aliphatic carbocycles. The van der Waals surface area contributed by atoms with E-state index in [0.717, 1.165) is 31.9 Å². The van der Waals surface area contributed by atoms with Gasteiger partial charge in [-0.1, -0.05) is 41.3 Å². The summed E-state index contributed by atoms with van der Waals surface area (Å²) in [5.74, 6) is 1.20. The van der Waals surface area contributed by atoms with Gasteiger partial charge in [0.05, 0.1) is 0 Å². The molecule has 0 amide bonds. The van der Waals surface area contributed by atoms with Gasteiger partial charge < -0.3 is 10.6 Å². The zero-order chi connectivity index (χ0) is 14.6. The van der Waals surface area contributed by atoms with Crippen LogP contribution in [-0.4, -0.2) is 54.8 Å². The first-order chi connectivity index (χ1) is 8.82. The largest absolute Gasteiger partial charge is 0.371 e. The minimum atomic E-state index is -0.540. The molecule has 1 heterocycles. The molecule has 1 saturated heterocycles. The summed E-state index contributed by atoms with van der Waals surface area (Å²) >= 11 is 0. The highest BCUT2D eigenvalue weighted by Gasteiger charge is 2.24. The summed E-state index contributed by atoms with van der Waals surface area (Å²) in [6.45, 7) is 17.6. The lowest BCUT2D eigenvalue weighted by molar-refractivity contribution is 0.215. The second-order valence-corrected chi connectivity index (χ2v) is 8.44. The molecular formula is C15H32N3P. The van der Waals surface area contributed by atoms with Gasteiger partial charge in [-0.3, -0.25) is 4.67 Å². The Labute approximate surface area is 120 Å². The predicted octanol–water partition coefficient (Wildman–Crippen LogP) is 2.32. The van der Waals surface area contributed by atoms with Gasteiger partial charge in [-0.15, -0.1) is 0 Å². The van der Waals surface area contributed by atoms with Gasteiger partial charge in [0, 0.05) is 37.9 Å². The number of rotatable bonds is 6. The molecular weight excluding hydrogens is 253 g/mol. The molecule has 1 rings (SSSR count). The molecule has 3 atom stereocenters. The van der Waals surface area contributed by atoms with Crippen molar-refractivity contribution in [1.29, 1.82) is 0 Å². The molecule has 4 heteroatoms. The fourth-order valence-corrected chi connectivity index (χ4v) is 3.77. The van der Waals surface area contributed by atoms with Crippen LogP contribution >= 0.6 is 7.70 Å². The fraction of sp³-hybridized carbons (Fsp3) is 0.800. The Morgan fingerprint density at radius 2 is 1.74 bits per heavy atom. The van der Waals surface area contributed by atoms with Crippen molar-refractivity contribution in [2.24, 2.45) is 17.6 Å². The van der Waals surface area contributed by atoms with Crippen LogP contribution in [0, 0.1) is 11.8 Å². The van der Waals surface area contributed by atoms with E-state index in [1.807, 2.05) is 0 Å². The first-order valence-electron chi connectivity index (χ1n) is 7.42. The van der Waals surface area contributed by atoms with E-state index < -0.39 is 7.70 Å². The lowest BCUT2D eigenvalue weighted by Gasteiger charge is -2.40. The van der Waals surface area contributed by atoms with Gasteiger partial charge in [0.15, 0.2) is 0 Å². The van der Waals surface area contributed by atoms with Crippen LogP contribution in [0.15, 0.2) is 12.3 Å². The quantitative estimate of drug-likeness (QED) is 0.760. The Morgan fingerprint density at radius 1 is 1.21 bits per heavy atom. The van der Waals surface area contributed by atoms with Crippen LogP contribution in [0.2, 0.25) is 0 Å². The standard InChI is InChI=1S/C15H32N3P/c1-12(2)11-13(3)15(16)14(4)17-7-9-18(10-8-17)19(5)6/h12-13,15,19H,4-5,7-11,16H2,1-3,6H3. The van der Waals surface area contributed by atoms with E-state index in [9.17, 15) is 0 Å². The maximum Gasteiger partial charge on any atom is 0.0466 e. The average molecular weight is 285 g/mol. The normalized spacial score (nSPS) is 22.3. The monoisotopic (exact) mass is 285 g/mol. The Kier molecular flexibility index (Phi) is 6.65. The first kappa shape index (κ1) is 16.8. The Hall–Kier alpha value is -0.240. The molecule has 1 aliphatic heterocycles. The highest BCUT2D eigenvalue weighted by atomic mass is 31.1. The van der Waals surface area contributed by atoms with Crippen LogP contribution < -0.4 is 5.73 Å². The topological polar surface area (TPSA) is 32.5 Å².